The van der Waals surface area contributed by atoms with Gasteiger partial charge in [0.15, 0.2) is 0 Å². The first-order valence-electron chi connectivity index (χ1n) is 5.84. The zero-order valence-corrected chi connectivity index (χ0v) is 11.8. The van der Waals surface area contributed by atoms with Crippen molar-refractivity contribution in [1.29, 1.82) is 0 Å². The molecule has 15 heavy (non-hydrogen) atoms. The number of likely N-dealkylation sites (tertiary alicyclic amines) is 1. The number of carbonyl (C=O) groups excluding carboxylic acids is 1. The zero-order chi connectivity index (χ0) is 11.6. The monoisotopic (exact) mass is 275 g/mol. The Morgan fingerprint density at radius 1 is 1.27 bits per heavy atom. The van der Waals surface area contributed by atoms with Crippen molar-refractivity contribution in [3.8, 4) is 0 Å². The number of rotatable bonds is 2. The van der Waals surface area contributed by atoms with Crippen LogP contribution < -0.4 is 0 Å². The number of hydrogen-bond acceptors (Lipinski definition) is 1. The third-order valence-corrected chi connectivity index (χ3v) is 4.45. The number of piperidine rings is 1. The summed E-state index contributed by atoms with van der Waals surface area (Å²) in [5.74, 6) is 1.92. The van der Waals surface area contributed by atoms with Crippen LogP contribution in [0.1, 0.15) is 34.1 Å². The molecule has 1 amide bonds. The van der Waals surface area contributed by atoms with Gasteiger partial charge in [-0.1, -0.05) is 43.6 Å². The summed E-state index contributed by atoms with van der Waals surface area (Å²) in [6, 6.07) is 0. The average molecular weight is 276 g/mol. The van der Waals surface area contributed by atoms with Gasteiger partial charge in [0.2, 0.25) is 5.91 Å². The maximum absolute atomic E-state index is 12.1. The van der Waals surface area contributed by atoms with Crippen LogP contribution in [0.15, 0.2) is 0 Å². The highest BCUT2D eigenvalue weighted by Crippen LogP contribution is 2.24. The van der Waals surface area contributed by atoms with Gasteiger partial charge in [-0.15, -0.1) is 0 Å². The largest absolute Gasteiger partial charge is 0.341 e. The van der Waals surface area contributed by atoms with E-state index in [9.17, 15) is 4.79 Å². The van der Waals surface area contributed by atoms with Crippen molar-refractivity contribution >= 4 is 21.8 Å². The van der Waals surface area contributed by atoms with Crippen LogP contribution in [0.25, 0.3) is 0 Å². The van der Waals surface area contributed by atoms with E-state index in [1.165, 1.54) is 6.42 Å². The molecule has 0 spiro atoms. The van der Waals surface area contributed by atoms with E-state index < -0.39 is 0 Å². The van der Waals surface area contributed by atoms with E-state index in [0.29, 0.717) is 17.8 Å². The number of halogens is 1. The molecule has 0 unspecified atom stereocenters. The molecule has 1 fully saturated rings. The maximum atomic E-state index is 12.1. The van der Waals surface area contributed by atoms with Crippen molar-refractivity contribution in [2.45, 2.75) is 38.9 Å². The van der Waals surface area contributed by atoms with E-state index in [2.05, 4.69) is 43.6 Å². The van der Waals surface area contributed by atoms with Gasteiger partial charge in [-0.05, 0) is 24.2 Å². The Kier molecular flexibility index (Phi) is 4.63. The standard InChI is InChI=1S/C12H22BrNO/c1-8(2)11(13)12(15)14-6-9(3)5-10(4)7-14/h8-11H,5-7H2,1-4H3/t9-,10+,11-/m0/s1. The molecule has 0 radical (unpaired) electrons. The summed E-state index contributed by atoms with van der Waals surface area (Å²) >= 11 is 3.49. The number of hydrogen-bond donors (Lipinski definition) is 0. The summed E-state index contributed by atoms with van der Waals surface area (Å²) in [5.41, 5.74) is 0. The highest BCUT2D eigenvalue weighted by atomic mass is 79.9. The second-order valence-corrected chi connectivity index (χ2v) is 6.32. The minimum Gasteiger partial charge on any atom is -0.341 e. The van der Waals surface area contributed by atoms with Crippen LogP contribution in [0.4, 0.5) is 0 Å². The van der Waals surface area contributed by atoms with Crippen LogP contribution in [0.3, 0.4) is 0 Å². The van der Waals surface area contributed by atoms with Crippen molar-refractivity contribution in [1.82, 2.24) is 4.90 Å². The lowest BCUT2D eigenvalue weighted by Crippen LogP contribution is -2.46. The molecule has 3 heteroatoms. The number of amides is 1. The topological polar surface area (TPSA) is 20.3 Å². The van der Waals surface area contributed by atoms with Crippen molar-refractivity contribution in [3.05, 3.63) is 0 Å². The molecule has 0 aromatic rings. The van der Waals surface area contributed by atoms with Crippen LogP contribution in [0.2, 0.25) is 0 Å². The van der Waals surface area contributed by atoms with E-state index >= 15 is 0 Å². The molecule has 0 aromatic carbocycles. The summed E-state index contributed by atoms with van der Waals surface area (Å²) in [6.07, 6.45) is 1.25. The smallest absolute Gasteiger partial charge is 0.236 e. The third-order valence-electron chi connectivity index (χ3n) is 3.00. The van der Waals surface area contributed by atoms with Gasteiger partial charge < -0.3 is 4.90 Å². The van der Waals surface area contributed by atoms with Gasteiger partial charge >= 0.3 is 0 Å². The van der Waals surface area contributed by atoms with Crippen molar-refractivity contribution in [2.75, 3.05) is 13.1 Å². The van der Waals surface area contributed by atoms with Gasteiger partial charge in [0.05, 0.1) is 4.83 Å². The minimum absolute atomic E-state index is 0.0185. The molecular weight excluding hydrogens is 254 g/mol. The van der Waals surface area contributed by atoms with Crippen LogP contribution >= 0.6 is 15.9 Å². The van der Waals surface area contributed by atoms with E-state index in [0.717, 1.165) is 13.1 Å². The maximum Gasteiger partial charge on any atom is 0.236 e. The van der Waals surface area contributed by atoms with Crippen molar-refractivity contribution in [2.24, 2.45) is 17.8 Å². The Bertz CT molecular complexity index is 220. The lowest BCUT2D eigenvalue weighted by molar-refractivity contribution is -0.133. The lowest BCUT2D eigenvalue weighted by atomic mass is 9.91. The summed E-state index contributed by atoms with van der Waals surface area (Å²) in [4.78, 5) is 14.1. The summed E-state index contributed by atoms with van der Waals surface area (Å²) in [5, 5.41) is 0. The van der Waals surface area contributed by atoms with Crippen molar-refractivity contribution < 1.29 is 4.79 Å². The quantitative estimate of drug-likeness (QED) is 0.710. The molecule has 88 valence electrons. The van der Waals surface area contributed by atoms with E-state index in [1.807, 2.05) is 4.90 Å². The first-order chi connectivity index (χ1) is 6.91. The molecule has 1 aliphatic rings. The number of alkyl halides is 1. The average Bonchev–Trinajstić information content (AvgIpc) is 2.13. The fourth-order valence-electron chi connectivity index (χ4n) is 2.30. The SMILES string of the molecule is CC(C)[C@H](Br)C(=O)N1C[C@H](C)C[C@H](C)C1. The predicted octanol–water partition coefficient (Wildman–Crippen LogP) is 2.91. The predicted molar refractivity (Wildman–Crippen MR) is 67.1 cm³/mol. The molecular formula is C12H22BrNO. The lowest BCUT2D eigenvalue weighted by Gasteiger charge is -2.36. The van der Waals surface area contributed by atoms with Gasteiger partial charge in [-0.25, -0.2) is 0 Å². The van der Waals surface area contributed by atoms with E-state index in [4.69, 9.17) is 0 Å². The van der Waals surface area contributed by atoms with Gasteiger partial charge in [0.1, 0.15) is 0 Å². The molecule has 1 saturated heterocycles. The summed E-state index contributed by atoms with van der Waals surface area (Å²) in [7, 11) is 0. The highest BCUT2D eigenvalue weighted by Gasteiger charge is 2.29. The molecule has 0 bridgehead atoms. The molecule has 1 aliphatic heterocycles. The summed E-state index contributed by atoms with van der Waals surface area (Å²) < 4.78 is 0. The van der Waals surface area contributed by atoms with Crippen LogP contribution in [-0.2, 0) is 4.79 Å². The molecule has 3 atom stereocenters. The molecule has 0 aliphatic carbocycles. The molecule has 1 heterocycles. The third kappa shape index (κ3) is 3.47. The number of nitrogens with zero attached hydrogens (tertiary/aromatic N) is 1. The Balaban J connectivity index is 2.59. The molecule has 0 aromatic heterocycles. The van der Waals surface area contributed by atoms with Crippen LogP contribution in [0, 0.1) is 17.8 Å². The highest BCUT2D eigenvalue weighted by molar-refractivity contribution is 9.10. The first kappa shape index (κ1) is 13.0. The summed E-state index contributed by atoms with van der Waals surface area (Å²) in [6.45, 7) is 10.5. The molecule has 2 nitrogen and oxygen atoms in total. The van der Waals surface area contributed by atoms with Gasteiger partial charge in [-0.3, -0.25) is 4.79 Å². The minimum atomic E-state index is -0.0185. The Morgan fingerprint density at radius 3 is 2.13 bits per heavy atom. The van der Waals surface area contributed by atoms with E-state index in [1.54, 1.807) is 0 Å². The molecule has 0 saturated carbocycles. The van der Waals surface area contributed by atoms with Crippen LogP contribution in [0.5, 0.6) is 0 Å². The second kappa shape index (κ2) is 5.33. The Morgan fingerprint density at radius 2 is 1.73 bits per heavy atom. The number of carbonyl (C=O) groups is 1. The second-order valence-electron chi connectivity index (χ2n) is 5.34. The molecule has 1 rings (SSSR count). The van der Waals surface area contributed by atoms with Crippen molar-refractivity contribution in [3.63, 3.8) is 0 Å². The zero-order valence-electron chi connectivity index (χ0n) is 10.2. The fraction of sp³-hybridized carbons (Fsp3) is 0.917. The van der Waals surface area contributed by atoms with Crippen LogP contribution in [-0.4, -0.2) is 28.7 Å². The fourth-order valence-corrected chi connectivity index (χ4v) is 2.59. The molecule has 0 N–H and O–H groups in total. The Labute approximate surface area is 102 Å². The first-order valence-corrected chi connectivity index (χ1v) is 6.76. The normalized spacial score (nSPS) is 29.3. The van der Waals surface area contributed by atoms with E-state index in [-0.39, 0.29) is 10.7 Å². The Hall–Kier alpha value is -0.0500. The van der Waals surface area contributed by atoms with Gasteiger partial charge in [0.25, 0.3) is 0 Å². The van der Waals surface area contributed by atoms with Gasteiger partial charge in [-0.2, -0.15) is 0 Å². The van der Waals surface area contributed by atoms with Gasteiger partial charge in [0, 0.05) is 13.1 Å².